The zero-order valence-corrected chi connectivity index (χ0v) is 11.0. The number of anilines is 1. The molecule has 4 nitrogen and oxygen atoms in total. The van der Waals surface area contributed by atoms with E-state index >= 15 is 0 Å². The van der Waals surface area contributed by atoms with Crippen molar-refractivity contribution in [3.63, 3.8) is 0 Å². The van der Waals surface area contributed by atoms with E-state index in [2.05, 4.69) is 27.8 Å². The highest BCUT2D eigenvalue weighted by Gasteiger charge is 2.35. The first-order valence-corrected chi connectivity index (χ1v) is 6.94. The molecule has 3 heterocycles. The van der Waals surface area contributed by atoms with Gasteiger partial charge in [-0.3, -0.25) is 4.90 Å². The Morgan fingerprint density at radius 3 is 3.17 bits per heavy atom. The van der Waals surface area contributed by atoms with Crippen LogP contribution in [0.15, 0.2) is 18.3 Å². The quantitative estimate of drug-likeness (QED) is 0.852. The van der Waals surface area contributed by atoms with E-state index in [-0.39, 0.29) is 0 Å². The third-order valence-electron chi connectivity index (χ3n) is 4.30. The van der Waals surface area contributed by atoms with E-state index in [9.17, 15) is 0 Å². The molecule has 98 valence electrons. The number of nitrogens with zero attached hydrogens (tertiary/aromatic N) is 3. The highest BCUT2D eigenvalue weighted by molar-refractivity contribution is 5.48. The molecule has 3 rings (SSSR count). The maximum absolute atomic E-state index is 5.83. The lowest BCUT2D eigenvalue weighted by Crippen LogP contribution is -2.55. The Labute approximate surface area is 109 Å². The first-order valence-electron chi connectivity index (χ1n) is 6.94. The number of fused-ring (bicyclic) bond motifs is 1. The Balaban J connectivity index is 1.86. The molecule has 1 aromatic rings. The van der Waals surface area contributed by atoms with Gasteiger partial charge in [0.25, 0.3) is 0 Å². The molecule has 2 saturated heterocycles. The lowest BCUT2D eigenvalue weighted by molar-refractivity contribution is 0.202. The number of piperazine rings is 1. The lowest BCUT2D eigenvalue weighted by atomic mass is 10.1. The second-order valence-corrected chi connectivity index (χ2v) is 5.48. The second kappa shape index (κ2) is 4.86. The topological polar surface area (TPSA) is 45.4 Å². The van der Waals surface area contributed by atoms with Crippen LogP contribution < -0.4 is 10.6 Å². The van der Waals surface area contributed by atoms with Gasteiger partial charge in [0.05, 0.1) is 0 Å². The fraction of sp³-hybridized carbons (Fsp3) is 0.643. The van der Waals surface area contributed by atoms with Crippen LogP contribution in [0.1, 0.15) is 25.3 Å². The van der Waals surface area contributed by atoms with Gasteiger partial charge in [-0.15, -0.1) is 0 Å². The van der Waals surface area contributed by atoms with Crippen molar-refractivity contribution in [2.75, 3.05) is 24.5 Å². The zero-order chi connectivity index (χ0) is 12.5. The number of hydrogen-bond donors (Lipinski definition) is 1. The molecule has 4 heteroatoms. The van der Waals surface area contributed by atoms with Crippen LogP contribution in [-0.4, -0.2) is 41.6 Å². The molecule has 2 unspecified atom stereocenters. The standard InChI is InChI=1S/C14H22N4/c1-11-9-17-7-3-5-13(17)10-18(11)14-12(8-15)4-2-6-16-14/h2,4,6,11,13H,3,5,7-10,15H2,1H3. The van der Waals surface area contributed by atoms with Gasteiger partial charge in [0.1, 0.15) is 5.82 Å². The normalized spacial score (nSPS) is 28.4. The summed E-state index contributed by atoms with van der Waals surface area (Å²) in [6, 6.07) is 5.31. The molecule has 0 aliphatic carbocycles. The molecule has 1 aromatic heterocycles. The highest BCUT2D eigenvalue weighted by Crippen LogP contribution is 2.29. The minimum absolute atomic E-state index is 0.527. The lowest BCUT2D eigenvalue weighted by Gasteiger charge is -2.43. The van der Waals surface area contributed by atoms with Crippen molar-refractivity contribution >= 4 is 5.82 Å². The van der Waals surface area contributed by atoms with Gasteiger partial charge in [-0.05, 0) is 32.4 Å². The van der Waals surface area contributed by atoms with Gasteiger partial charge in [0, 0.05) is 43.5 Å². The van der Waals surface area contributed by atoms with Crippen molar-refractivity contribution in [3.05, 3.63) is 23.9 Å². The van der Waals surface area contributed by atoms with E-state index < -0.39 is 0 Å². The van der Waals surface area contributed by atoms with Crippen LogP contribution >= 0.6 is 0 Å². The molecule has 0 aromatic carbocycles. The Morgan fingerprint density at radius 1 is 1.44 bits per heavy atom. The molecular formula is C14H22N4. The molecule has 2 fully saturated rings. The van der Waals surface area contributed by atoms with Gasteiger partial charge in [0.2, 0.25) is 0 Å². The first-order chi connectivity index (χ1) is 8.79. The predicted molar refractivity (Wildman–Crippen MR) is 73.5 cm³/mol. The van der Waals surface area contributed by atoms with Crippen molar-refractivity contribution < 1.29 is 0 Å². The molecule has 18 heavy (non-hydrogen) atoms. The molecule has 0 spiro atoms. The summed E-state index contributed by atoms with van der Waals surface area (Å²) in [5, 5.41) is 0. The molecule has 2 atom stereocenters. The van der Waals surface area contributed by atoms with Crippen molar-refractivity contribution in [1.29, 1.82) is 0 Å². The average Bonchev–Trinajstić information content (AvgIpc) is 2.84. The molecular weight excluding hydrogens is 224 g/mol. The third kappa shape index (κ3) is 1.99. The summed E-state index contributed by atoms with van der Waals surface area (Å²) < 4.78 is 0. The number of nitrogens with two attached hydrogens (primary N) is 1. The average molecular weight is 246 g/mol. The highest BCUT2D eigenvalue weighted by atomic mass is 15.3. The summed E-state index contributed by atoms with van der Waals surface area (Å²) in [7, 11) is 0. The Hall–Kier alpha value is -1.13. The van der Waals surface area contributed by atoms with Gasteiger partial charge in [0.15, 0.2) is 0 Å². The van der Waals surface area contributed by atoms with Crippen molar-refractivity contribution in [2.24, 2.45) is 5.73 Å². The summed E-state index contributed by atoms with van der Waals surface area (Å²) in [4.78, 5) is 9.65. The van der Waals surface area contributed by atoms with Crippen LogP contribution in [0.2, 0.25) is 0 Å². The zero-order valence-electron chi connectivity index (χ0n) is 11.0. The van der Waals surface area contributed by atoms with E-state index in [4.69, 9.17) is 5.73 Å². The molecule has 0 bridgehead atoms. The van der Waals surface area contributed by atoms with Gasteiger partial charge in [-0.25, -0.2) is 4.98 Å². The third-order valence-corrected chi connectivity index (χ3v) is 4.30. The van der Waals surface area contributed by atoms with Gasteiger partial charge in [-0.2, -0.15) is 0 Å². The van der Waals surface area contributed by atoms with Gasteiger partial charge in [-0.1, -0.05) is 6.07 Å². The summed E-state index contributed by atoms with van der Waals surface area (Å²) >= 11 is 0. The van der Waals surface area contributed by atoms with Crippen molar-refractivity contribution in [3.8, 4) is 0 Å². The predicted octanol–water partition coefficient (Wildman–Crippen LogP) is 1.21. The number of pyridine rings is 1. The first kappa shape index (κ1) is 11.9. The summed E-state index contributed by atoms with van der Waals surface area (Å²) in [5.41, 5.74) is 7.00. The number of aromatic nitrogens is 1. The minimum atomic E-state index is 0.527. The van der Waals surface area contributed by atoms with Crippen molar-refractivity contribution in [1.82, 2.24) is 9.88 Å². The monoisotopic (exact) mass is 246 g/mol. The van der Waals surface area contributed by atoms with Crippen LogP contribution in [0.4, 0.5) is 5.82 Å². The van der Waals surface area contributed by atoms with E-state index in [0.717, 1.165) is 24.5 Å². The van der Waals surface area contributed by atoms with Crippen LogP contribution in [0.3, 0.4) is 0 Å². The van der Waals surface area contributed by atoms with E-state index in [0.29, 0.717) is 18.6 Å². The summed E-state index contributed by atoms with van der Waals surface area (Å²) in [5.74, 6) is 1.10. The fourth-order valence-electron chi connectivity index (χ4n) is 3.33. The number of hydrogen-bond acceptors (Lipinski definition) is 4. The fourth-order valence-corrected chi connectivity index (χ4v) is 3.33. The summed E-state index contributed by atoms with van der Waals surface area (Å²) in [6.45, 7) is 6.40. The van der Waals surface area contributed by atoms with Gasteiger partial charge >= 0.3 is 0 Å². The number of rotatable bonds is 2. The Morgan fingerprint density at radius 2 is 2.33 bits per heavy atom. The molecule has 2 aliphatic rings. The second-order valence-electron chi connectivity index (χ2n) is 5.48. The Kier molecular flexibility index (Phi) is 3.22. The smallest absolute Gasteiger partial charge is 0.133 e. The van der Waals surface area contributed by atoms with Crippen molar-refractivity contribution in [2.45, 2.75) is 38.4 Å². The van der Waals surface area contributed by atoms with E-state index in [1.807, 2.05) is 12.3 Å². The van der Waals surface area contributed by atoms with E-state index in [1.54, 1.807) is 0 Å². The maximum Gasteiger partial charge on any atom is 0.133 e. The summed E-state index contributed by atoms with van der Waals surface area (Å²) in [6.07, 6.45) is 4.55. The van der Waals surface area contributed by atoms with Crippen LogP contribution in [-0.2, 0) is 6.54 Å². The van der Waals surface area contributed by atoms with Crippen LogP contribution in [0.25, 0.3) is 0 Å². The molecule has 2 aliphatic heterocycles. The van der Waals surface area contributed by atoms with Crippen LogP contribution in [0, 0.1) is 0 Å². The van der Waals surface area contributed by atoms with E-state index in [1.165, 1.54) is 19.4 Å². The van der Waals surface area contributed by atoms with Gasteiger partial charge < -0.3 is 10.6 Å². The largest absolute Gasteiger partial charge is 0.351 e. The molecule has 2 N–H and O–H groups in total. The van der Waals surface area contributed by atoms with Crippen LogP contribution in [0.5, 0.6) is 0 Å². The molecule has 0 radical (unpaired) electrons. The molecule has 0 saturated carbocycles. The SMILES string of the molecule is CC1CN2CCCC2CN1c1ncccc1CN. The maximum atomic E-state index is 5.83. The Bertz CT molecular complexity index is 420. The molecule has 0 amide bonds. The minimum Gasteiger partial charge on any atom is -0.351 e.